The van der Waals surface area contributed by atoms with Crippen LogP contribution in [0.3, 0.4) is 0 Å². The highest BCUT2D eigenvalue weighted by Crippen LogP contribution is 2.39. The second-order valence-electron chi connectivity index (χ2n) is 5.22. The third-order valence-corrected chi connectivity index (χ3v) is 4.20. The van der Waals surface area contributed by atoms with E-state index in [1.54, 1.807) is 0 Å². The first-order chi connectivity index (χ1) is 8.29. The summed E-state index contributed by atoms with van der Waals surface area (Å²) in [6, 6.07) is 9.59. The maximum atomic E-state index is 11.6. The van der Waals surface area contributed by atoms with Crippen molar-refractivity contribution in [2.45, 2.75) is 51.1 Å². The number of ketones is 1. The predicted octanol–water partition coefficient (Wildman–Crippen LogP) is 2.95. The van der Waals surface area contributed by atoms with Crippen LogP contribution in [0.15, 0.2) is 24.3 Å². The van der Waals surface area contributed by atoms with E-state index in [4.69, 9.17) is 0 Å². The van der Waals surface area contributed by atoms with Crippen LogP contribution in [-0.4, -0.2) is 17.9 Å². The quantitative estimate of drug-likeness (QED) is 0.777. The molecule has 2 fully saturated rings. The Labute approximate surface area is 103 Å². The monoisotopic (exact) mass is 229 g/mol. The van der Waals surface area contributed by atoms with Crippen LogP contribution in [0.1, 0.15) is 38.2 Å². The summed E-state index contributed by atoms with van der Waals surface area (Å²) >= 11 is 0. The molecule has 0 spiro atoms. The molecule has 3 rings (SSSR count). The van der Waals surface area contributed by atoms with Crippen LogP contribution in [0.2, 0.25) is 0 Å². The zero-order chi connectivity index (χ0) is 11.8. The average molecular weight is 229 g/mol. The Morgan fingerprint density at radius 2 is 1.82 bits per heavy atom. The van der Waals surface area contributed by atoms with Crippen LogP contribution in [0.5, 0.6) is 0 Å². The Bertz CT molecular complexity index is 424. The zero-order valence-corrected chi connectivity index (χ0v) is 10.4. The Balaban J connectivity index is 1.97. The number of anilines is 1. The Kier molecular flexibility index (Phi) is 2.65. The van der Waals surface area contributed by atoms with Crippen LogP contribution in [0.25, 0.3) is 0 Å². The molecule has 2 atom stereocenters. The summed E-state index contributed by atoms with van der Waals surface area (Å²) in [6.45, 7) is 2.20. The van der Waals surface area contributed by atoms with Gasteiger partial charge in [-0.15, -0.1) is 0 Å². The summed E-state index contributed by atoms with van der Waals surface area (Å²) < 4.78 is 0. The van der Waals surface area contributed by atoms with E-state index in [9.17, 15) is 4.79 Å². The second kappa shape index (κ2) is 4.17. The maximum Gasteiger partial charge on any atom is 0.137 e. The van der Waals surface area contributed by atoms with Crippen LogP contribution < -0.4 is 4.90 Å². The molecule has 2 nitrogen and oxygen atoms in total. The highest BCUT2D eigenvalue weighted by Gasteiger charge is 2.40. The van der Waals surface area contributed by atoms with Crippen molar-refractivity contribution in [2.75, 3.05) is 4.90 Å². The van der Waals surface area contributed by atoms with Gasteiger partial charge in [0.25, 0.3) is 0 Å². The van der Waals surface area contributed by atoms with Gasteiger partial charge in [-0.3, -0.25) is 4.79 Å². The number of carbonyl (C=O) groups is 1. The second-order valence-corrected chi connectivity index (χ2v) is 5.22. The highest BCUT2D eigenvalue weighted by molar-refractivity contribution is 5.83. The largest absolute Gasteiger partial charge is 0.364 e. The molecular formula is C15H19NO. The highest BCUT2D eigenvalue weighted by atomic mass is 16.1. The van der Waals surface area contributed by atoms with Crippen molar-refractivity contribution in [3.05, 3.63) is 29.8 Å². The van der Waals surface area contributed by atoms with Crippen LogP contribution in [-0.2, 0) is 11.2 Å². The van der Waals surface area contributed by atoms with Crippen molar-refractivity contribution < 1.29 is 4.79 Å². The van der Waals surface area contributed by atoms with Gasteiger partial charge >= 0.3 is 0 Å². The molecule has 2 heteroatoms. The van der Waals surface area contributed by atoms with E-state index in [1.807, 2.05) is 0 Å². The van der Waals surface area contributed by atoms with Crippen LogP contribution in [0.4, 0.5) is 5.69 Å². The predicted molar refractivity (Wildman–Crippen MR) is 69.4 cm³/mol. The minimum atomic E-state index is 0.461. The molecule has 2 aliphatic heterocycles. The van der Waals surface area contributed by atoms with E-state index in [0.717, 1.165) is 19.3 Å². The molecule has 17 heavy (non-hydrogen) atoms. The maximum absolute atomic E-state index is 11.6. The Hall–Kier alpha value is -1.31. The van der Waals surface area contributed by atoms with Gasteiger partial charge in [0.2, 0.25) is 0 Å². The summed E-state index contributed by atoms with van der Waals surface area (Å²) in [5.74, 6) is 0.461. The lowest BCUT2D eigenvalue weighted by atomic mass is 9.98. The number of rotatable bonds is 2. The topological polar surface area (TPSA) is 20.3 Å². The molecule has 0 aromatic heterocycles. The molecule has 2 unspecified atom stereocenters. The van der Waals surface area contributed by atoms with Gasteiger partial charge in [-0.2, -0.15) is 0 Å². The zero-order valence-electron chi connectivity index (χ0n) is 10.4. The molecule has 2 bridgehead atoms. The minimum Gasteiger partial charge on any atom is -0.364 e. The molecular weight excluding hydrogens is 210 g/mol. The van der Waals surface area contributed by atoms with E-state index in [0.29, 0.717) is 17.9 Å². The normalized spacial score (nSPS) is 27.6. The van der Waals surface area contributed by atoms with Gasteiger partial charge < -0.3 is 4.90 Å². The van der Waals surface area contributed by atoms with E-state index < -0.39 is 0 Å². The van der Waals surface area contributed by atoms with Gasteiger partial charge in [-0.25, -0.2) is 0 Å². The molecule has 0 radical (unpaired) electrons. The SMILES string of the molecule is CCc1ccccc1N1C2CCC1CC(=O)C2. The summed E-state index contributed by atoms with van der Waals surface area (Å²) in [5.41, 5.74) is 2.79. The third-order valence-electron chi connectivity index (χ3n) is 4.20. The van der Waals surface area contributed by atoms with Gasteiger partial charge in [-0.1, -0.05) is 25.1 Å². The fourth-order valence-electron chi connectivity index (χ4n) is 3.43. The lowest BCUT2D eigenvalue weighted by Crippen LogP contribution is -2.43. The number of fused-ring (bicyclic) bond motifs is 2. The molecule has 1 aromatic rings. The van der Waals surface area contributed by atoms with Crippen molar-refractivity contribution in [3.8, 4) is 0 Å². The van der Waals surface area contributed by atoms with Crippen LogP contribution in [0, 0.1) is 0 Å². The van der Waals surface area contributed by atoms with Crippen molar-refractivity contribution in [1.29, 1.82) is 0 Å². The minimum absolute atomic E-state index is 0.461. The molecule has 0 saturated carbocycles. The van der Waals surface area contributed by atoms with Crippen molar-refractivity contribution >= 4 is 11.5 Å². The molecule has 1 aromatic carbocycles. The summed E-state index contributed by atoms with van der Waals surface area (Å²) in [5, 5.41) is 0. The number of piperidine rings is 1. The van der Waals surface area contributed by atoms with E-state index in [1.165, 1.54) is 24.1 Å². The molecule has 2 heterocycles. The fourth-order valence-corrected chi connectivity index (χ4v) is 3.43. The summed E-state index contributed by atoms with van der Waals surface area (Å²) in [6.07, 6.45) is 4.96. The Morgan fingerprint density at radius 1 is 1.18 bits per heavy atom. The van der Waals surface area contributed by atoms with Gasteiger partial charge in [0.1, 0.15) is 5.78 Å². The molecule has 0 amide bonds. The number of hydrogen-bond acceptors (Lipinski definition) is 2. The standard InChI is InChI=1S/C15H19NO/c1-2-11-5-3-4-6-15(11)16-12-7-8-13(16)10-14(17)9-12/h3-6,12-13H,2,7-10H2,1H3. The van der Waals surface area contributed by atoms with Crippen LogP contribution >= 0.6 is 0 Å². The lowest BCUT2D eigenvalue weighted by Gasteiger charge is -2.37. The lowest BCUT2D eigenvalue weighted by molar-refractivity contribution is -0.120. The first-order valence-corrected chi connectivity index (χ1v) is 6.67. The van der Waals surface area contributed by atoms with Gasteiger partial charge in [0.05, 0.1) is 0 Å². The first-order valence-electron chi connectivity index (χ1n) is 6.67. The molecule has 2 saturated heterocycles. The first kappa shape index (κ1) is 10.8. The average Bonchev–Trinajstić information content (AvgIpc) is 2.61. The van der Waals surface area contributed by atoms with E-state index in [-0.39, 0.29) is 0 Å². The Morgan fingerprint density at radius 3 is 2.47 bits per heavy atom. The van der Waals surface area contributed by atoms with Gasteiger partial charge in [-0.05, 0) is 30.9 Å². The number of Topliss-reactive ketones (excluding diaryl/α,β-unsaturated/α-hetero) is 1. The molecule has 2 aliphatic rings. The van der Waals surface area contributed by atoms with E-state index in [2.05, 4.69) is 36.1 Å². The van der Waals surface area contributed by atoms with Gasteiger partial charge in [0, 0.05) is 30.6 Å². The summed E-state index contributed by atoms with van der Waals surface area (Å²) in [7, 11) is 0. The number of carbonyl (C=O) groups excluding carboxylic acids is 1. The number of nitrogens with zero attached hydrogens (tertiary/aromatic N) is 1. The fraction of sp³-hybridized carbons (Fsp3) is 0.533. The smallest absolute Gasteiger partial charge is 0.137 e. The number of benzene rings is 1. The molecule has 90 valence electrons. The molecule has 0 N–H and O–H groups in total. The van der Waals surface area contributed by atoms with Crippen molar-refractivity contribution in [2.24, 2.45) is 0 Å². The van der Waals surface area contributed by atoms with Crippen molar-refractivity contribution in [3.63, 3.8) is 0 Å². The van der Waals surface area contributed by atoms with E-state index >= 15 is 0 Å². The summed E-state index contributed by atoms with van der Waals surface area (Å²) in [4.78, 5) is 14.2. The van der Waals surface area contributed by atoms with Gasteiger partial charge in [0.15, 0.2) is 0 Å². The number of aryl methyl sites for hydroxylation is 1. The number of hydrogen-bond donors (Lipinski definition) is 0. The van der Waals surface area contributed by atoms with Crippen molar-refractivity contribution in [1.82, 2.24) is 0 Å². The number of para-hydroxylation sites is 1. The third kappa shape index (κ3) is 1.76. The molecule has 0 aliphatic carbocycles.